The van der Waals surface area contributed by atoms with Crippen LogP contribution in [0.25, 0.3) is 22.4 Å². The lowest BCUT2D eigenvalue weighted by atomic mass is 9.97. The van der Waals surface area contributed by atoms with E-state index in [0.717, 1.165) is 46.1 Å². The molecule has 0 aliphatic rings. The van der Waals surface area contributed by atoms with E-state index in [2.05, 4.69) is 16.2 Å². The Kier molecular flexibility index (Phi) is 7.24. The normalized spacial score (nSPS) is 11.5. The molecule has 0 spiro atoms. The highest BCUT2D eigenvalue weighted by Gasteiger charge is 2.16. The lowest BCUT2D eigenvalue weighted by molar-refractivity contribution is 0.295. The third-order valence-electron chi connectivity index (χ3n) is 4.80. The van der Waals surface area contributed by atoms with Crippen molar-refractivity contribution in [3.05, 3.63) is 60.2 Å². The summed E-state index contributed by atoms with van der Waals surface area (Å²) >= 11 is 0. The van der Waals surface area contributed by atoms with Crippen LogP contribution < -0.4 is 15.8 Å². The van der Waals surface area contributed by atoms with Gasteiger partial charge in [-0.3, -0.25) is 0 Å². The second-order valence-electron chi connectivity index (χ2n) is 7.17. The Labute approximate surface area is 180 Å². The van der Waals surface area contributed by atoms with Crippen LogP contribution in [-0.2, 0) is 16.4 Å². The first kappa shape index (κ1) is 22.4. The number of hydrogen-bond donors (Lipinski definition) is 1. The Hall–Kier alpha value is -2.27. The smallest absolute Gasteiger partial charge is 0.218 e. The number of ether oxygens (including phenoxy) is 1. The summed E-state index contributed by atoms with van der Waals surface area (Å²) in [7, 11) is -0.584. The highest BCUT2D eigenvalue weighted by Crippen LogP contribution is 2.35. The minimum absolute atomic E-state index is 0.284. The number of benzene rings is 2. The molecule has 3 rings (SSSR count). The van der Waals surface area contributed by atoms with Crippen LogP contribution in [-0.4, -0.2) is 26.3 Å². The van der Waals surface area contributed by atoms with Gasteiger partial charge in [-0.2, -0.15) is 0 Å². The first-order valence-electron chi connectivity index (χ1n) is 9.86. The maximum absolute atomic E-state index is 11.8. The third-order valence-corrected chi connectivity index (χ3v) is 6.31. The topological polar surface area (TPSA) is 82.3 Å². The van der Waals surface area contributed by atoms with Crippen molar-refractivity contribution in [2.24, 2.45) is 5.73 Å². The van der Waals surface area contributed by atoms with Crippen molar-refractivity contribution >= 4 is 24.4 Å². The summed E-state index contributed by atoms with van der Waals surface area (Å²) in [6, 6.07) is 16.9. The molecule has 0 radical (unpaired) electrons. The predicted octanol–water partition coefficient (Wildman–Crippen LogP) is 3.96. The standard InChI is InChI=1S/C23H27N2O3PS/c1-3-4-13-28-23-18(15-24)14-21(16-7-11-20(12-8-16)30(2,26)27)22(25-23)17-5-9-19(29)10-6-17/h5-12,14H,3-4,13,15,24,29H2,1-2H3. The lowest BCUT2D eigenvalue weighted by Crippen LogP contribution is -2.07. The highest BCUT2D eigenvalue weighted by atomic mass is 32.2. The minimum Gasteiger partial charge on any atom is -0.477 e. The van der Waals surface area contributed by atoms with E-state index >= 15 is 0 Å². The van der Waals surface area contributed by atoms with Crippen molar-refractivity contribution in [3.63, 3.8) is 0 Å². The summed E-state index contributed by atoms with van der Waals surface area (Å²) < 4.78 is 29.6. The molecule has 0 fully saturated rings. The SMILES string of the molecule is CCCCOc1nc(-c2ccc(P)cc2)c(-c2ccc(S(C)(=O)=O)cc2)cc1CN. The molecule has 3 aromatic rings. The van der Waals surface area contributed by atoms with Crippen molar-refractivity contribution in [2.45, 2.75) is 31.2 Å². The molecule has 2 N–H and O–H groups in total. The molecule has 0 aliphatic heterocycles. The Morgan fingerprint density at radius 3 is 2.23 bits per heavy atom. The monoisotopic (exact) mass is 442 g/mol. The van der Waals surface area contributed by atoms with Gasteiger partial charge in [-0.15, -0.1) is 9.24 Å². The van der Waals surface area contributed by atoms with E-state index in [9.17, 15) is 8.42 Å². The van der Waals surface area contributed by atoms with Gasteiger partial charge in [0.25, 0.3) is 0 Å². The van der Waals surface area contributed by atoms with Gasteiger partial charge in [-0.1, -0.05) is 49.7 Å². The summed E-state index contributed by atoms with van der Waals surface area (Å²) in [6.07, 6.45) is 3.18. The molecular formula is C23H27N2O3PS. The molecule has 0 bridgehead atoms. The third kappa shape index (κ3) is 5.25. The van der Waals surface area contributed by atoms with Crippen LogP contribution in [0.2, 0.25) is 0 Å². The zero-order valence-electron chi connectivity index (χ0n) is 17.3. The fourth-order valence-electron chi connectivity index (χ4n) is 3.09. The molecule has 0 aliphatic carbocycles. The van der Waals surface area contributed by atoms with E-state index in [4.69, 9.17) is 15.5 Å². The molecule has 0 saturated heterocycles. The van der Waals surface area contributed by atoms with Crippen molar-refractivity contribution < 1.29 is 13.2 Å². The zero-order chi connectivity index (χ0) is 21.7. The van der Waals surface area contributed by atoms with Crippen LogP contribution in [0.5, 0.6) is 5.88 Å². The van der Waals surface area contributed by atoms with Gasteiger partial charge in [0.15, 0.2) is 9.84 Å². The largest absolute Gasteiger partial charge is 0.477 e. The van der Waals surface area contributed by atoms with Gasteiger partial charge in [-0.25, -0.2) is 13.4 Å². The summed E-state index contributed by atoms with van der Waals surface area (Å²) in [5, 5.41) is 1.08. The molecule has 158 valence electrons. The number of hydrogen-bond acceptors (Lipinski definition) is 5. The van der Waals surface area contributed by atoms with Crippen LogP contribution in [0.1, 0.15) is 25.3 Å². The number of nitrogens with two attached hydrogens (primary N) is 1. The van der Waals surface area contributed by atoms with E-state index in [0.29, 0.717) is 19.0 Å². The average Bonchev–Trinajstić information content (AvgIpc) is 2.73. The van der Waals surface area contributed by atoms with Crippen molar-refractivity contribution in [1.29, 1.82) is 0 Å². The Morgan fingerprint density at radius 2 is 1.67 bits per heavy atom. The van der Waals surface area contributed by atoms with E-state index < -0.39 is 9.84 Å². The van der Waals surface area contributed by atoms with E-state index in [1.165, 1.54) is 6.26 Å². The number of unbranched alkanes of at least 4 members (excludes halogenated alkanes) is 1. The summed E-state index contributed by atoms with van der Waals surface area (Å²) in [5.74, 6) is 0.549. The molecule has 0 saturated carbocycles. The molecular weight excluding hydrogens is 415 g/mol. The average molecular weight is 443 g/mol. The van der Waals surface area contributed by atoms with Gasteiger partial charge in [0.1, 0.15) is 0 Å². The maximum atomic E-state index is 11.8. The van der Waals surface area contributed by atoms with Crippen molar-refractivity contribution in [3.8, 4) is 28.3 Å². The van der Waals surface area contributed by atoms with Gasteiger partial charge in [0.2, 0.25) is 5.88 Å². The van der Waals surface area contributed by atoms with Gasteiger partial charge in [0, 0.05) is 29.5 Å². The van der Waals surface area contributed by atoms with Crippen molar-refractivity contribution in [1.82, 2.24) is 4.98 Å². The fourth-order valence-corrected chi connectivity index (χ4v) is 3.91. The molecule has 1 unspecified atom stereocenters. The van der Waals surface area contributed by atoms with Gasteiger partial charge in [-0.05, 0) is 35.5 Å². The molecule has 30 heavy (non-hydrogen) atoms. The first-order chi connectivity index (χ1) is 14.3. The summed E-state index contributed by atoms with van der Waals surface area (Å²) in [6.45, 7) is 3.00. The molecule has 2 aromatic carbocycles. The molecule has 1 atom stereocenters. The minimum atomic E-state index is -3.26. The summed E-state index contributed by atoms with van der Waals surface area (Å²) in [4.78, 5) is 5.12. The molecule has 5 nitrogen and oxygen atoms in total. The number of pyridine rings is 1. The van der Waals surface area contributed by atoms with Crippen LogP contribution in [0.15, 0.2) is 59.5 Å². The van der Waals surface area contributed by atoms with Crippen LogP contribution in [0, 0.1) is 0 Å². The van der Waals surface area contributed by atoms with E-state index in [1.807, 2.05) is 30.3 Å². The number of nitrogens with zero attached hydrogens (tertiary/aromatic N) is 1. The first-order valence-corrected chi connectivity index (χ1v) is 12.3. The fraction of sp³-hybridized carbons (Fsp3) is 0.261. The van der Waals surface area contributed by atoms with Gasteiger partial charge >= 0.3 is 0 Å². The highest BCUT2D eigenvalue weighted by molar-refractivity contribution is 7.90. The Balaban J connectivity index is 2.15. The van der Waals surface area contributed by atoms with Crippen LogP contribution >= 0.6 is 9.24 Å². The van der Waals surface area contributed by atoms with Gasteiger partial charge in [0.05, 0.1) is 17.2 Å². The number of sulfone groups is 1. The lowest BCUT2D eigenvalue weighted by Gasteiger charge is -2.16. The molecule has 1 heterocycles. The van der Waals surface area contributed by atoms with Crippen LogP contribution in [0.3, 0.4) is 0 Å². The quantitative estimate of drug-likeness (QED) is 0.422. The van der Waals surface area contributed by atoms with Gasteiger partial charge < -0.3 is 10.5 Å². The van der Waals surface area contributed by atoms with E-state index in [1.54, 1.807) is 24.3 Å². The predicted molar refractivity (Wildman–Crippen MR) is 126 cm³/mol. The number of rotatable bonds is 8. The van der Waals surface area contributed by atoms with Crippen molar-refractivity contribution in [2.75, 3.05) is 12.9 Å². The number of aromatic nitrogens is 1. The second-order valence-corrected chi connectivity index (χ2v) is 9.86. The second kappa shape index (κ2) is 9.69. The van der Waals surface area contributed by atoms with E-state index in [-0.39, 0.29) is 4.90 Å². The zero-order valence-corrected chi connectivity index (χ0v) is 19.2. The Morgan fingerprint density at radius 1 is 1.03 bits per heavy atom. The molecule has 0 amide bonds. The molecule has 7 heteroatoms. The molecule has 1 aromatic heterocycles. The maximum Gasteiger partial charge on any atom is 0.218 e. The summed E-state index contributed by atoms with van der Waals surface area (Å²) in [5.41, 5.74) is 10.3. The van der Waals surface area contributed by atoms with Crippen LogP contribution in [0.4, 0.5) is 0 Å². The Bertz CT molecular complexity index is 1110.